The highest BCUT2D eigenvalue weighted by molar-refractivity contribution is 5.71. The van der Waals surface area contributed by atoms with Crippen LogP contribution in [-0.2, 0) is 28.6 Å². The van der Waals surface area contributed by atoms with Crippen LogP contribution >= 0.6 is 0 Å². The number of rotatable bonds is 57. The SMILES string of the molecule is CC/C=C\C/C=C\C/C=C\C/C=C\C/C=C\C/C=C\CCCCCCCCC(=O)OCC(COC(=O)CCCCCCC/C=C\CCCCC)OC(=O)CCCCCCCCCCCCCCCCCCCCC. The summed E-state index contributed by atoms with van der Waals surface area (Å²) in [6, 6.07) is 0. The van der Waals surface area contributed by atoms with Crippen molar-refractivity contribution in [3.8, 4) is 0 Å². The summed E-state index contributed by atoms with van der Waals surface area (Å²) in [6.45, 7) is 6.52. The van der Waals surface area contributed by atoms with Crippen LogP contribution in [0.25, 0.3) is 0 Å². The normalized spacial score (nSPS) is 12.6. The summed E-state index contributed by atoms with van der Waals surface area (Å²) in [5.74, 6) is -0.893. The van der Waals surface area contributed by atoms with Gasteiger partial charge >= 0.3 is 17.9 Å². The van der Waals surface area contributed by atoms with E-state index in [9.17, 15) is 14.4 Å². The monoisotopic (exact) mass is 1030 g/mol. The van der Waals surface area contributed by atoms with Gasteiger partial charge in [-0.05, 0) is 96.3 Å². The van der Waals surface area contributed by atoms with E-state index in [0.29, 0.717) is 19.3 Å². The van der Waals surface area contributed by atoms with Gasteiger partial charge in [0.15, 0.2) is 6.10 Å². The van der Waals surface area contributed by atoms with Crippen LogP contribution < -0.4 is 0 Å². The Morgan fingerprint density at radius 1 is 0.284 bits per heavy atom. The van der Waals surface area contributed by atoms with Crippen LogP contribution in [0.4, 0.5) is 0 Å². The first-order chi connectivity index (χ1) is 36.5. The number of carbonyl (C=O) groups excluding carboxylic acids is 3. The molecule has 0 aromatic heterocycles. The Hall–Kier alpha value is -3.41. The number of allylic oxidation sites excluding steroid dienone is 14. The van der Waals surface area contributed by atoms with E-state index in [4.69, 9.17) is 14.2 Å². The van der Waals surface area contributed by atoms with Crippen molar-refractivity contribution in [2.24, 2.45) is 0 Å². The highest BCUT2D eigenvalue weighted by Gasteiger charge is 2.19. The molecule has 0 aliphatic carbocycles. The molecule has 6 heteroatoms. The average Bonchev–Trinajstić information content (AvgIpc) is 3.40. The molecular formula is C68H118O6. The summed E-state index contributed by atoms with van der Waals surface area (Å²) in [4.78, 5) is 38.3. The molecule has 0 bridgehead atoms. The van der Waals surface area contributed by atoms with Crippen LogP contribution in [0.15, 0.2) is 85.1 Å². The molecule has 0 aromatic carbocycles. The second-order valence-electron chi connectivity index (χ2n) is 20.9. The smallest absolute Gasteiger partial charge is 0.306 e. The number of carbonyl (C=O) groups is 3. The molecule has 426 valence electrons. The molecule has 0 spiro atoms. The van der Waals surface area contributed by atoms with Crippen molar-refractivity contribution in [2.45, 2.75) is 316 Å². The Kier molecular flexibility index (Phi) is 59.3. The number of hydrogen-bond donors (Lipinski definition) is 0. The Balaban J connectivity index is 4.33. The van der Waals surface area contributed by atoms with E-state index in [1.165, 1.54) is 154 Å². The van der Waals surface area contributed by atoms with Crippen molar-refractivity contribution in [1.82, 2.24) is 0 Å². The number of esters is 3. The van der Waals surface area contributed by atoms with Crippen LogP contribution in [-0.4, -0.2) is 37.2 Å². The zero-order valence-electron chi connectivity index (χ0n) is 48.8. The zero-order valence-corrected chi connectivity index (χ0v) is 48.8. The number of hydrogen-bond acceptors (Lipinski definition) is 6. The van der Waals surface area contributed by atoms with Gasteiger partial charge in [-0.2, -0.15) is 0 Å². The Morgan fingerprint density at radius 3 is 0.865 bits per heavy atom. The van der Waals surface area contributed by atoms with Crippen LogP contribution in [0.1, 0.15) is 310 Å². The molecule has 74 heavy (non-hydrogen) atoms. The van der Waals surface area contributed by atoms with Crippen LogP contribution in [0.2, 0.25) is 0 Å². The van der Waals surface area contributed by atoms with Crippen LogP contribution in [0.5, 0.6) is 0 Å². The molecule has 1 unspecified atom stereocenters. The van der Waals surface area contributed by atoms with E-state index < -0.39 is 6.10 Å². The Morgan fingerprint density at radius 2 is 0.527 bits per heavy atom. The van der Waals surface area contributed by atoms with E-state index in [1.54, 1.807) is 0 Å². The molecule has 0 saturated heterocycles. The maximum Gasteiger partial charge on any atom is 0.306 e. The van der Waals surface area contributed by atoms with E-state index in [2.05, 4.69) is 106 Å². The molecule has 0 fully saturated rings. The first-order valence-electron chi connectivity index (χ1n) is 31.6. The predicted octanol–water partition coefficient (Wildman–Crippen LogP) is 21.5. The third kappa shape index (κ3) is 59.5. The van der Waals surface area contributed by atoms with Gasteiger partial charge in [0.2, 0.25) is 0 Å². The lowest BCUT2D eigenvalue weighted by Gasteiger charge is -2.18. The van der Waals surface area contributed by atoms with Crippen molar-refractivity contribution in [1.29, 1.82) is 0 Å². The summed E-state index contributed by atoms with van der Waals surface area (Å²) in [5.41, 5.74) is 0. The van der Waals surface area contributed by atoms with Crippen molar-refractivity contribution >= 4 is 17.9 Å². The lowest BCUT2D eigenvalue weighted by molar-refractivity contribution is -0.167. The van der Waals surface area contributed by atoms with Gasteiger partial charge in [-0.25, -0.2) is 0 Å². The van der Waals surface area contributed by atoms with Crippen molar-refractivity contribution in [2.75, 3.05) is 13.2 Å². The summed E-state index contributed by atoms with van der Waals surface area (Å²) in [6.07, 6.45) is 81.6. The molecule has 0 N–H and O–H groups in total. The van der Waals surface area contributed by atoms with Crippen LogP contribution in [0.3, 0.4) is 0 Å². The minimum absolute atomic E-state index is 0.0831. The standard InChI is InChI=1S/C68H118O6/c1-4-7-10-13-16-19-22-25-27-29-31-32-33-34-35-36-38-39-41-43-46-49-52-55-58-61-67(70)73-64-65(63-72-66(69)60-57-54-51-48-45-24-21-18-15-12-9-6-3)74-68(71)62-59-56-53-50-47-44-42-40-37-30-28-26-23-20-17-14-11-8-5-2/h7,10,16,18-19,21,25,27,31-32,34-35,38-39,65H,4-6,8-9,11-15,17,20,22-24,26,28-30,33,36-37,40-64H2,1-3H3/b10-7-,19-16-,21-18-,27-25-,32-31-,35-34-,39-38-. The summed E-state index contributed by atoms with van der Waals surface area (Å²) >= 11 is 0. The molecule has 1 atom stereocenters. The fourth-order valence-corrected chi connectivity index (χ4v) is 8.91. The second-order valence-corrected chi connectivity index (χ2v) is 20.9. The quantitative estimate of drug-likeness (QED) is 0.0261. The molecule has 0 aliphatic rings. The van der Waals surface area contributed by atoms with Gasteiger partial charge in [-0.3, -0.25) is 14.4 Å². The maximum absolute atomic E-state index is 12.9. The minimum atomic E-state index is -0.785. The van der Waals surface area contributed by atoms with E-state index in [-0.39, 0.29) is 31.1 Å². The van der Waals surface area contributed by atoms with Gasteiger partial charge in [0, 0.05) is 19.3 Å². The highest BCUT2D eigenvalue weighted by Crippen LogP contribution is 2.17. The predicted molar refractivity (Wildman–Crippen MR) is 321 cm³/mol. The van der Waals surface area contributed by atoms with Crippen molar-refractivity contribution < 1.29 is 28.6 Å². The lowest BCUT2D eigenvalue weighted by Crippen LogP contribution is -2.30. The Bertz CT molecular complexity index is 1420. The van der Waals surface area contributed by atoms with Gasteiger partial charge in [0.05, 0.1) is 0 Å². The van der Waals surface area contributed by atoms with Gasteiger partial charge in [0.1, 0.15) is 13.2 Å². The Labute approximate surface area is 458 Å². The molecule has 0 amide bonds. The summed E-state index contributed by atoms with van der Waals surface area (Å²) < 4.78 is 16.9. The fourth-order valence-electron chi connectivity index (χ4n) is 8.91. The van der Waals surface area contributed by atoms with E-state index >= 15 is 0 Å². The van der Waals surface area contributed by atoms with Crippen LogP contribution in [0, 0.1) is 0 Å². The van der Waals surface area contributed by atoms with Gasteiger partial charge in [-0.1, -0.05) is 279 Å². The number of unbranched alkanes of at least 4 members (excludes halogenated alkanes) is 32. The molecule has 0 radical (unpaired) electrons. The third-order valence-corrected chi connectivity index (χ3v) is 13.6. The summed E-state index contributed by atoms with van der Waals surface area (Å²) in [5, 5.41) is 0. The largest absolute Gasteiger partial charge is 0.462 e. The van der Waals surface area contributed by atoms with E-state index in [0.717, 1.165) is 116 Å². The number of ether oxygens (including phenoxy) is 3. The van der Waals surface area contributed by atoms with Crippen molar-refractivity contribution in [3.63, 3.8) is 0 Å². The molecule has 0 aliphatic heterocycles. The average molecular weight is 1030 g/mol. The first-order valence-corrected chi connectivity index (χ1v) is 31.6. The second kappa shape index (κ2) is 62.1. The molecule has 0 rings (SSSR count). The molecule has 0 saturated carbocycles. The first kappa shape index (κ1) is 70.6. The molecule has 6 nitrogen and oxygen atoms in total. The third-order valence-electron chi connectivity index (χ3n) is 13.6. The van der Waals surface area contributed by atoms with E-state index in [1.807, 2.05) is 0 Å². The van der Waals surface area contributed by atoms with Gasteiger partial charge in [-0.15, -0.1) is 0 Å². The fraction of sp³-hybridized carbons (Fsp3) is 0.750. The summed E-state index contributed by atoms with van der Waals surface area (Å²) in [7, 11) is 0. The minimum Gasteiger partial charge on any atom is -0.462 e. The lowest BCUT2D eigenvalue weighted by atomic mass is 10.0. The molecule has 0 heterocycles. The van der Waals surface area contributed by atoms with Gasteiger partial charge in [0.25, 0.3) is 0 Å². The molecule has 0 aromatic rings. The maximum atomic E-state index is 12.9. The zero-order chi connectivity index (χ0) is 53.6. The van der Waals surface area contributed by atoms with Crippen molar-refractivity contribution in [3.05, 3.63) is 85.1 Å². The topological polar surface area (TPSA) is 78.9 Å². The van der Waals surface area contributed by atoms with Gasteiger partial charge < -0.3 is 14.2 Å². The highest BCUT2D eigenvalue weighted by atomic mass is 16.6. The molecular weight excluding hydrogens is 913 g/mol.